The molecule has 2 aromatic carbocycles. The molecule has 0 N–H and O–H groups in total. The first-order valence-corrected chi connectivity index (χ1v) is 8.20. The van der Waals surface area contributed by atoms with E-state index in [1.54, 1.807) is 6.07 Å². The van der Waals surface area contributed by atoms with Crippen molar-refractivity contribution < 1.29 is 13.2 Å². The van der Waals surface area contributed by atoms with Crippen molar-refractivity contribution in [2.75, 3.05) is 0 Å². The molecule has 0 saturated heterocycles. The van der Waals surface area contributed by atoms with Crippen molar-refractivity contribution in [2.24, 2.45) is 0 Å². The molecule has 0 bridgehead atoms. The van der Waals surface area contributed by atoms with E-state index in [0.29, 0.717) is 23.3 Å². The first kappa shape index (κ1) is 16.4. The molecule has 0 amide bonds. The number of hydrogen-bond donors (Lipinski definition) is 0. The smallest absolute Gasteiger partial charge is 0.303 e. The molecule has 2 heterocycles. The Kier molecular flexibility index (Phi) is 3.99. The lowest BCUT2D eigenvalue weighted by Crippen LogP contribution is -2.05. The van der Waals surface area contributed by atoms with E-state index in [1.165, 1.54) is 6.07 Å². The minimum atomic E-state index is -4.38. The number of aromatic nitrogens is 2. The Morgan fingerprint density at radius 1 is 0.846 bits per heavy atom. The van der Waals surface area contributed by atoms with Gasteiger partial charge < -0.3 is 4.40 Å². The van der Waals surface area contributed by atoms with Gasteiger partial charge in [-0.1, -0.05) is 48.5 Å². The lowest BCUT2D eigenvalue weighted by Gasteiger charge is -2.09. The maximum Gasteiger partial charge on any atom is 0.416 e. The van der Waals surface area contributed by atoms with Crippen LogP contribution in [0.2, 0.25) is 0 Å². The molecule has 0 aliphatic heterocycles. The van der Waals surface area contributed by atoms with Crippen molar-refractivity contribution in [3.8, 4) is 11.3 Å². The average molecular weight is 352 g/mol. The van der Waals surface area contributed by atoms with Crippen LogP contribution in [-0.2, 0) is 12.6 Å². The summed E-state index contributed by atoms with van der Waals surface area (Å²) in [5, 5.41) is 0. The van der Waals surface area contributed by atoms with Crippen LogP contribution in [-0.4, -0.2) is 9.38 Å². The van der Waals surface area contributed by atoms with Crippen molar-refractivity contribution in [1.29, 1.82) is 0 Å². The van der Waals surface area contributed by atoms with Crippen LogP contribution in [0.4, 0.5) is 13.2 Å². The first-order valence-electron chi connectivity index (χ1n) is 8.20. The second-order valence-electron chi connectivity index (χ2n) is 6.08. The molecule has 26 heavy (non-hydrogen) atoms. The van der Waals surface area contributed by atoms with Gasteiger partial charge in [-0.25, -0.2) is 4.98 Å². The van der Waals surface area contributed by atoms with Gasteiger partial charge in [0.15, 0.2) is 0 Å². The number of rotatable bonds is 3. The molecule has 2 nitrogen and oxygen atoms in total. The number of imidazole rings is 1. The molecule has 0 aliphatic rings. The van der Waals surface area contributed by atoms with Gasteiger partial charge in [0.25, 0.3) is 0 Å². The number of hydrogen-bond acceptors (Lipinski definition) is 1. The summed E-state index contributed by atoms with van der Waals surface area (Å²) in [6.07, 6.45) is -1.91. The fourth-order valence-corrected chi connectivity index (χ4v) is 3.08. The number of alkyl halides is 3. The van der Waals surface area contributed by atoms with Crippen LogP contribution in [0.15, 0.2) is 79.0 Å². The average Bonchev–Trinajstić information content (AvgIpc) is 3.01. The normalized spacial score (nSPS) is 11.8. The van der Waals surface area contributed by atoms with Crippen LogP contribution in [0, 0.1) is 0 Å². The lowest BCUT2D eigenvalue weighted by molar-refractivity contribution is -0.137. The van der Waals surface area contributed by atoms with Crippen molar-refractivity contribution in [3.05, 3.63) is 95.8 Å². The van der Waals surface area contributed by atoms with E-state index in [-0.39, 0.29) is 0 Å². The van der Waals surface area contributed by atoms with Crippen molar-refractivity contribution in [1.82, 2.24) is 9.38 Å². The summed E-state index contributed by atoms with van der Waals surface area (Å²) < 4.78 is 41.3. The minimum Gasteiger partial charge on any atom is -0.303 e. The van der Waals surface area contributed by atoms with Gasteiger partial charge in [0, 0.05) is 18.2 Å². The summed E-state index contributed by atoms with van der Waals surface area (Å²) in [7, 11) is 0. The lowest BCUT2D eigenvalue weighted by atomic mass is 10.0. The van der Waals surface area contributed by atoms with E-state index in [9.17, 15) is 13.2 Å². The molecule has 4 aromatic rings. The Hall–Kier alpha value is -3.08. The van der Waals surface area contributed by atoms with E-state index < -0.39 is 11.7 Å². The zero-order chi connectivity index (χ0) is 18.1. The number of benzene rings is 2. The molecule has 5 heteroatoms. The fourth-order valence-electron chi connectivity index (χ4n) is 3.08. The standard InChI is InChI=1S/C21H15F3N2/c22-21(23,24)17-10-6-9-16(14-17)20-18(13-15-7-2-1-3-8-15)26-12-5-4-11-19(26)25-20/h1-12,14H,13H2. The summed E-state index contributed by atoms with van der Waals surface area (Å²) in [5.74, 6) is 0. The molecule has 0 atom stereocenters. The molecule has 4 rings (SSSR count). The second kappa shape index (κ2) is 6.33. The molecule has 130 valence electrons. The highest BCUT2D eigenvalue weighted by Gasteiger charge is 2.31. The first-order chi connectivity index (χ1) is 12.5. The predicted molar refractivity (Wildman–Crippen MR) is 94.9 cm³/mol. The van der Waals surface area contributed by atoms with Crippen LogP contribution >= 0.6 is 0 Å². The van der Waals surface area contributed by atoms with Gasteiger partial charge in [-0.2, -0.15) is 13.2 Å². The molecule has 0 spiro atoms. The molecule has 0 unspecified atom stereocenters. The van der Waals surface area contributed by atoms with Crippen molar-refractivity contribution in [3.63, 3.8) is 0 Å². The van der Waals surface area contributed by atoms with Gasteiger partial charge in [-0.15, -0.1) is 0 Å². The molecular formula is C21H15F3N2. The molecular weight excluding hydrogens is 337 g/mol. The predicted octanol–water partition coefficient (Wildman–Crippen LogP) is 5.61. The van der Waals surface area contributed by atoms with E-state index >= 15 is 0 Å². The van der Waals surface area contributed by atoms with Crippen molar-refractivity contribution >= 4 is 5.65 Å². The zero-order valence-electron chi connectivity index (χ0n) is 13.7. The maximum absolute atomic E-state index is 13.1. The van der Waals surface area contributed by atoms with Crippen LogP contribution in [0.5, 0.6) is 0 Å². The largest absolute Gasteiger partial charge is 0.416 e. The molecule has 2 aromatic heterocycles. The third kappa shape index (κ3) is 3.08. The number of halogens is 3. The quantitative estimate of drug-likeness (QED) is 0.468. The third-order valence-electron chi connectivity index (χ3n) is 4.31. The van der Waals surface area contributed by atoms with Crippen LogP contribution in [0.25, 0.3) is 16.9 Å². The number of fused-ring (bicyclic) bond motifs is 1. The molecule has 0 radical (unpaired) electrons. The highest BCUT2D eigenvalue weighted by Crippen LogP contribution is 2.33. The molecule has 0 fully saturated rings. The summed E-state index contributed by atoms with van der Waals surface area (Å²) in [6, 6.07) is 20.8. The summed E-state index contributed by atoms with van der Waals surface area (Å²) in [5.41, 5.74) is 3.03. The van der Waals surface area contributed by atoms with Gasteiger partial charge in [-0.3, -0.25) is 0 Å². The molecule has 0 aliphatic carbocycles. The summed E-state index contributed by atoms with van der Waals surface area (Å²) in [4.78, 5) is 4.60. The fraction of sp³-hybridized carbons (Fsp3) is 0.0952. The van der Waals surface area contributed by atoms with Crippen LogP contribution in [0.1, 0.15) is 16.8 Å². The Morgan fingerprint density at radius 3 is 2.38 bits per heavy atom. The highest BCUT2D eigenvalue weighted by atomic mass is 19.4. The van der Waals surface area contributed by atoms with Gasteiger partial charge >= 0.3 is 6.18 Å². The maximum atomic E-state index is 13.1. The Morgan fingerprint density at radius 2 is 1.62 bits per heavy atom. The zero-order valence-corrected chi connectivity index (χ0v) is 13.7. The van der Waals surface area contributed by atoms with E-state index in [4.69, 9.17) is 0 Å². The van der Waals surface area contributed by atoms with Crippen LogP contribution in [0.3, 0.4) is 0 Å². The number of pyridine rings is 1. The van der Waals surface area contributed by atoms with Gasteiger partial charge in [0.1, 0.15) is 5.65 Å². The van der Waals surface area contributed by atoms with E-state index in [1.807, 2.05) is 59.1 Å². The summed E-state index contributed by atoms with van der Waals surface area (Å²) in [6.45, 7) is 0. The molecule has 0 saturated carbocycles. The monoisotopic (exact) mass is 352 g/mol. The SMILES string of the molecule is FC(F)(F)c1cccc(-c2nc3ccccn3c2Cc2ccccc2)c1. The van der Waals surface area contributed by atoms with E-state index in [0.717, 1.165) is 23.4 Å². The Labute approximate surface area is 148 Å². The van der Waals surface area contributed by atoms with E-state index in [2.05, 4.69) is 4.98 Å². The van der Waals surface area contributed by atoms with Gasteiger partial charge in [0.2, 0.25) is 0 Å². The second-order valence-corrected chi connectivity index (χ2v) is 6.08. The minimum absolute atomic E-state index is 0.467. The number of nitrogens with zero attached hydrogens (tertiary/aromatic N) is 2. The summed E-state index contributed by atoms with van der Waals surface area (Å²) >= 11 is 0. The van der Waals surface area contributed by atoms with Crippen molar-refractivity contribution in [2.45, 2.75) is 12.6 Å². The topological polar surface area (TPSA) is 17.3 Å². The van der Waals surface area contributed by atoms with Crippen LogP contribution < -0.4 is 0 Å². The highest BCUT2D eigenvalue weighted by molar-refractivity contribution is 5.68. The third-order valence-corrected chi connectivity index (χ3v) is 4.31. The van der Waals surface area contributed by atoms with Gasteiger partial charge in [0.05, 0.1) is 17.0 Å². The Balaban J connectivity index is 1.89. The van der Waals surface area contributed by atoms with Gasteiger partial charge in [-0.05, 0) is 29.8 Å². The Bertz CT molecular complexity index is 1050.